The topological polar surface area (TPSA) is 147 Å². The van der Waals surface area contributed by atoms with E-state index in [1.54, 1.807) is 23.8 Å². The van der Waals surface area contributed by atoms with Gasteiger partial charge in [0.1, 0.15) is 6.04 Å². The van der Waals surface area contributed by atoms with E-state index >= 15 is 0 Å². The average molecular weight is 667 g/mol. The Labute approximate surface area is 273 Å². The minimum absolute atomic E-state index is 0.0269. The van der Waals surface area contributed by atoms with Gasteiger partial charge in [-0.25, -0.2) is 13.8 Å². The van der Waals surface area contributed by atoms with Crippen LogP contribution < -0.4 is 10.6 Å². The summed E-state index contributed by atoms with van der Waals surface area (Å²) in [5.74, 6) is -2.81. The van der Waals surface area contributed by atoms with Crippen molar-refractivity contribution in [2.45, 2.75) is 57.7 Å². The van der Waals surface area contributed by atoms with Crippen molar-refractivity contribution < 1.29 is 42.5 Å². The van der Waals surface area contributed by atoms with E-state index in [-0.39, 0.29) is 93.7 Å². The molecule has 0 unspecified atom stereocenters. The molecule has 0 spiro atoms. The molecule has 2 fully saturated rings. The summed E-state index contributed by atoms with van der Waals surface area (Å²) >= 11 is 0. The molecule has 15 heteroatoms. The second-order valence-electron chi connectivity index (χ2n) is 11.9. The molecule has 3 amide bonds. The van der Waals surface area contributed by atoms with E-state index in [2.05, 4.69) is 15.6 Å². The number of halogens is 2. The number of carbonyl (C=O) groups excluding carboxylic acids is 3. The third-order valence-corrected chi connectivity index (χ3v) is 8.81. The lowest BCUT2D eigenvalue weighted by Crippen LogP contribution is -2.59. The van der Waals surface area contributed by atoms with Gasteiger partial charge in [0, 0.05) is 44.9 Å². The highest BCUT2D eigenvalue weighted by molar-refractivity contribution is 5.95. The number of hydrogen-bond donors (Lipinski definition) is 3. The van der Waals surface area contributed by atoms with Crippen LogP contribution in [-0.4, -0.2) is 134 Å². The lowest BCUT2D eigenvalue weighted by Gasteiger charge is -2.39. The molecule has 2 atom stereocenters. The first-order chi connectivity index (χ1) is 22.7. The number of rotatable bonds is 17. The number of amides is 3. The van der Waals surface area contributed by atoms with Gasteiger partial charge in [-0.15, -0.1) is 0 Å². The predicted octanol–water partition coefficient (Wildman–Crippen LogP) is 1.31. The lowest BCUT2D eigenvalue weighted by molar-refractivity contribution is -0.140. The Morgan fingerprint density at radius 2 is 1.51 bits per heavy atom. The Hall–Kier alpha value is -3.24. The molecule has 262 valence electrons. The van der Waals surface area contributed by atoms with Crippen LogP contribution in [0.5, 0.6) is 0 Å². The molecule has 2 aliphatic rings. The van der Waals surface area contributed by atoms with Crippen molar-refractivity contribution in [2.24, 2.45) is 5.92 Å². The van der Waals surface area contributed by atoms with Gasteiger partial charge in [0.25, 0.3) is 5.91 Å². The van der Waals surface area contributed by atoms with Crippen LogP contribution in [-0.2, 0) is 30.3 Å². The molecule has 13 nitrogen and oxygen atoms in total. The minimum atomic E-state index is -1.06. The van der Waals surface area contributed by atoms with E-state index in [0.717, 1.165) is 44.2 Å². The quantitative estimate of drug-likeness (QED) is 0.213. The lowest BCUT2D eigenvalue weighted by atomic mass is 9.83. The molecule has 1 aromatic carbocycles. The maximum atomic E-state index is 14.2. The second kappa shape index (κ2) is 18.3. The number of ether oxygens (including phenoxy) is 3. The first-order valence-electron chi connectivity index (χ1n) is 16.5. The number of carbonyl (C=O) groups is 3. The Kier molecular flexibility index (Phi) is 14.3. The number of nitrogens with one attached hydrogen (secondary N) is 2. The van der Waals surface area contributed by atoms with E-state index in [9.17, 15) is 23.2 Å². The summed E-state index contributed by atoms with van der Waals surface area (Å²) in [6.07, 6.45) is 4.90. The van der Waals surface area contributed by atoms with Gasteiger partial charge < -0.3 is 44.3 Å². The second-order valence-corrected chi connectivity index (χ2v) is 11.9. The number of nitrogens with zero attached hydrogens (tertiary/aromatic N) is 4. The SMILES string of the molecule is CN[C@@H](C)C(=O)N[C@H](C(=O)N1CCN(C(=O)c2nc3cc(F)c(F)cc3n2CCOCCOCCOCCO)CC1)C1CCCCC1. The van der Waals surface area contributed by atoms with Gasteiger partial charge in [-0.1, -0.05) is 19.3 Å². The molecule has 2 heterocycles. The van der Waals surface area contributed by atoms with Crippen molar-refractivity contribution in [2.75, 3.05) is 79.5 Å². The zero-order chi connectivity index (χ0) is 33.8. The van der Waals surface area contributed by atoms with Crippen LogP contribution in [0.1, 0.15) is 49.6 Å². The number of fused-ring (bicyclic) bond motifs is 1. The molecule has 0 radical (unpaired) electrons. The van der Waals surface area contributed by atoms with Crippen LogP contribution >= 0.6 is 0 Å². The van der Waals surface area contributed by atoms with Crippen molar-refractivity contribution in [3.8, 4) is 0 Å². The summed E-state index contributed by atoms with van der Waals surface area (Å²) in [6.45, 7) is 4.59. The van der Waals surface area contributed by atoms with E-state index in [1.807, 2.05) is 0 Å². The first-order valence-corrected chi connectivity index (χ1v) is 16.5. The number of hydrogen-bond acceptors (Lipinski definition) is 9. The Morgan fingerprint density at radius 1 is 0.915 bits per heavy atom. The van der Waals surface area contributed by atoms with Gasteiger partial charge in [-0.05, 0) is 32.7 Å². The first kappa shape index (κ1) is 36.6. The number of likely N-dealkylation sites (N-methyl/N-ethyl adjacent to an activating group) is 1. The monoisotopic (exact) mass is 666 g/mol. The van der Waals surface area contributed by atoms with Gasteiger partial charge in [-0.2, -0.15) is 0 Å². The normalized spacial score (nSPS) is 17.2. The highest BCUT2D eigenvalue weighted by atomic mass is 19.2. The molecule has 1 saturated carbocycles. The third kappa shape index (κ3) is 9.89. The molecule has 0 bridgehead atoms. The van der Waals surface area contributed by atoms with Crippen LogP contribution in [0.3, 0.4) is 0 Å². The fourth-order valence-electron chi connectivity index (χ4n) is 6.00. The summed E-state index contributed by atoms with van der Waals surface area (Å²) in [4.78, 5) is 47.9. The van der Waals surface area contributed by atoms with E-state index in [4.69, 9.17) is 19.3 Å². The highest BCUT2D eigenvalue weighted by Crippen LogP contribution is 2.28. The van der Waals surface area contributed by atoms with Crippen LogP contribution in [0.4, 0.5) is 8.78 Å². The van der Waals surface area contributed by atoms with Crippen LogP contribution in [0.2, 0.25) is 0 Å². The van der Waals surface area contributed by atoms with Crippen molar-refractivity contribution in [1.29, 1.82) is 0 Å². The van der Waals surface area contributed by atoms with E-state index < -0.39 is 29.6 Å². The average Bonchev–Trinajstić information content (AvgIpc) is 3.43. The minimum Gasteiger partial charge on any atom is -0.394 e. The van der Waals surface area contributed by atoms with Gasteiger partial charge in [-0.3, -0.25) is 14.4 Å². The number of aromatic nitrogens is 2. The summed E-state index contributed by atoms with van der Waals surface area (Å²) in [7, 11) is 1.70. The zero-order valence-electron chi connectivity index (χ0n) is 27.3. The summed E-state index contributed by atoms with van der Waals surface area (Å²) in [5, 5.41) is 14.6. The molecule has 1 saturated heterocycles. The number of piperazine rings is 1. The summed E-state index contributed by atoms with van der Waals surface area (Å²) < 4.78 is 46.0. The van der Waals surface area contributed by atoms with E-state index in [0.29, 0.717) is 19.8 Å². The van der Waals surface area contributed by atoms with Gasteiger partial charge in [0.2, 0.25) is 11.8 Å². The molecule has 4 rings (SSSR count). The van der Waals surface area contributed by atoms with Crippen molar-refractivity contribution in [3.05, 3.63) is 29.6 Å². The van der Waals surface area contributed by atoms with Gasteiger partial charge >= 0.3 is 0 Å². The fourth-order valence-corrected chi connectivity index (χ4v) is 6.00. The molecular formula is C32H48F2N6O7. The van der Waals surface area contributed by atoms with Crippen molar-refractivity contribution in [3.63, 3.8) is 0 Å². The molecule has 3 N–H and O–H groups in total. The van der Waals surface area contributed by atoms with Crippen LogP contribution in [0.25, 0.3) is 11.0 Å². The van der Waals surface area contributed by atoms with Crippen molar-refractivity contribution >= 4 is 28.8 Å². The number of aliphatic hydroxyl groups is 1. The number of aliphatic hydroxyl groups excluding tert-OH is 1. The largest absolute Gasteiger partial charge is 0.394 e. The van der Waals surface area contributed by atoms with Crippen molar-refractivity contribution in [1.82, 2.24) is 30.0 Å². The predicted molar refractivity (Wildman–Crippen MR) is 169 cm³/mol. The zero-order valence-corrected chi connectivity index (χ0v) is 27.3. The number of benzene rings is 1. The van der Waals surface area contributed by atoms with Gasteiger partial charge in [0.05, 0.1) is 63.3 Å². The van der Waals surface area contributed by atoms with Crippen LogP contribution in [0, 0.1) is 17.6 Å². The molecule has 47 heavy (non-hydrogen) atoms. The fraction of sp³-hybridized carbons (Fsp3) is 0.688. The summed E-state index contributed by atoms with van der Waals surface area (Å²) in [5.41, 5.74) is 0.415. The molecule has 1 aromatic heterocycles. The van der Waals surface area contributed by atoms with E-state index in [1.165, 1.54) is 4.57 Å². The maximum absolute atomic E-state index is 14.2. The maximum Gasteiger partial charge on any atom is 0.290 e. The smallest absolute Gasteiger partial charge is 0.290 e. The molecule has 1 aliphatic heterocycles. The molecule has 2 aromatic rings. The summed E-state index contributed by atoms with van der Waals surface area (Å²) in [6, 6.07) is 0.928. The Morgan fingerprint density at radius 3 is 2.15 bits per heavy atom. The molecular weight excluding hydrogens is 618 g/mol. The molecule has 1 aliphatic carbocycles. The Balaban J connectivity index is 1.38. The highest BCUT2D eigenvalue weighted by Gasteiger charge is 2.36. The Bertz CT molecular complexity index is 1330. The van der Waals surface area contributed by atoms with Gasteiger partial charge in [0.15, 0.2) is 17.5 Å². The number of imidazole rings is 1. The third-order valence-electron chi connectivity index (χ3n) is 8.81. The standard InChI is InChI=1S/C32H48F2N6O7/c1-22(35-2)30(42)37-28(23-6-4-3-5-7-23)31(43)38-8-10-39(11-9-38)32(44)29-36-26-20-24(33)25(34)21-27(26)40(29)12-14-45-16-18-47-19-17-46-15-13-41/h20-23,28,35,41H,3-19H2,1-2H3,(H,37,42)/t22-,28-/m0/s1. The van der Waals surface area contributed by atoms with Crippen LogP contribution in [0.15, 0.2) is 12.1 Å².